The van der Waals surface area contributed by atoms with E-state index in [0.29, 0.717) is 6.04 Å². The van der Waals surface area contributed by atoms with E-state index >= 15 is 0 Å². The van der Waals surface area contributed by atoms with Crippen LogP contribution in [0.4, 0.5) is 5.69 Å². The van der Waals surface area contributed by atoms with Crippen LogP contribution in [0.5, 0.6) is 0 Å². The second-order valence-corrected chi connectivity index (χ2v) is 10.4. The fourth-order valence-electron chi connectivity index (χ4n) is 8.57. The van der Waals surface area contributed by atoms with Crippen LogP contribution in [0.25, 0.3) is 11.1 Å². The van der Waals surface area contributed by atoms with Crippen molar-refractivity contribution in [1.29, 1.82) is 0 Å². The molecule has 0 N–H and O–H groups in total. The molecule has 4 fully saturated rings. The summed E-state index contributed by atoms with van der Waals surface area (Å²) in [5.74, 6) is 3.45. The standard InChI is InChI=1S/C26H30N2O/c1-15-6-4-5-7-22(15)28-16(2)23-21-8-9-29-25(21)27(3)24(23)26(28)19-11-17-10-18(13-19)14-20(26)12-17/h4-9,16-20H,10-14H2,1-3H3/t16-,17?,18?,19?,20?,26?/m0/s1. The van der Waals surface area contributed by atoms with Crippen molar-refractivity contribution >= 4 is 16.8 Å². The lowest BCUT2D eigenvalue weighted by Gasteiger charge is -2.64. The monoisotopic (exact) mass is 386 g/mol. The molecule has 1 spiro atoms. The lowest BCUT2D eigenvalue weighted by molar-refractivity contribution is -0.0630. The van der Waals surface area contributed by atoms with Gasteiger partial charge in [-0.1, -0.05) is 18.2 Å². The quantitative estimate of drug-likeness (QED) is 0.488. The Morgan fingerprint density at radius 1 is 0.966 bits per heavy atom. The third-order valence-electron chi connectivity index (χ3n) is 9.17. The van der Waals surface area contributed by atoms with Crippen LogP contribution < -0.4 is 4.90 Å². The first-order chi connectivity index (χ1) is 14.1. The molecule has 0 radical (unpaired) electrons. The number of hydrogen-bond donors (Lipinski definition) is 0. The molecule has 3 nitrogen and oxygen atoms in total. The van der Waals surface area contributed by atoms with Crippen LogP contribution in [-0.2, 0) is 12.6 Å². The van der Waals surface area contributed by atoms with Crippen molar-refractivity contribution in [2.24, 2.45) is 30.7 Å². The number of aromatic nitrogens is 1. The average Bonchev–Trinajstić information content (AvgIpc) is 3.34. The maximum Gasteiger partial charge on any atom is 0.206 e. The number of rotatable bonds is 1. The summed E-state index contributed by atoms with van der Waals surface area (Å²) in [6.45, 7) is 4.74. The highest BCUT2D eigenvalue weighted by Gasteiger charge is 2.66. The number of furan rings is 1. The van der Waals surface area contributed by atoms with Crippen molar-refractivity contribution in [3.05, 3.63) is 53.4 Å². The van der Waals surface area contributed by atoms with E-state index in [1.165, 1.54) is 54.3 Å². The molecule has 8 rings (SSSR count). The molecule has 4 saturated carbocycles. The fourth-order valence-corrected chi connectivity index (χ4v) is 8.57. The molecule has 5 aliphatic rings. The number of aryl methyl sites for hydroxylation is 2. The molecule has 3 heterocycles. The van der Waals surface area contributed by atoms with Crippen molar-refractivity contribution in [1.82, 2.24) is 4.57 Å². The molecule has 150 valence electrons. The molecule has 1 aliphatic heterocycles. The van der Waals surface area contributed by atoms with Crippen LogP contribution >= 0.6 is 0 Å². The lowest BCUT2D eigenvalue weighted by atomic mass is 9.47. The number of anilines is 1. The second kappa shape index (κ2) is 5.30. The number of hydrogen-bond acceptors (Lipinski definition) is 2. The van der Waals surface area contributed by atoms with Crippen molar-refractivity contribution in [3.63, 3.8) is 0 Å². The lowest BCUT2D eigenvalue weighted by Crippen LogP contribution is -2.62. The Hall–Kier alpha value is -2.16. The summed E-state index contributed by atoms with van der Waals surface area (Å²) >= 11 is 0. The van der Waals surface area contributed by atoms with Crippen LogP contribution in [0.15, 0.2) is 41.0 Å². The fraction of sp³-hybridized carbons (Fsp3) is 0.538. The first-order valence-corrected chi connectivity index (χ1v) is 11.5. The van der Waals surface area contributed by atoms with E-state index in [-0.39, 0.29) is 5.54 Å². The van der Waals surface area contributed by atoms with E-state index in [0.717, 1.165) is 29.4 Å². The largest absolute Gasteiger partial charge is 0.448 e. The van der Waals surface area contributed by atoms with Crippen LogP contribution in [-0.4, -0.2) is 4.57 Å². The van der Waals surface area contributed by atoms with Gasteiger partial charge in [-0.3, -0.25) is 0 Å². The molecular formula is C26H30N2O. The maximum absolute atomic E-state index is 5.99. The molecule has 2 aromatic heterocycles. The van der Waals surface area contributed by atoms with Gasteiger partial charge in [-0.05, 0) is 87.3 Å². The van der Waals surface area contributed by atoms with Gasteiger partial charge in [0, 0.05) is 23.7 Å². The Kier molecular flexibility index (Phi) is 3.04. The van der Waals surface area contributed by atoms with Crippen LogP contribution in [0.2, 0.25) is 0 Å². The second-order valence-electron chi connectivity index (χ2n) is 10.4. The predicted octanol–water partition coefficient (Wildman–Crippen LogP) is 6.31. The predicted molar refractivity (Wildman–Crippen MR) is 116 cm³/mol. The molecule has 0 saturated heterocycles. The molecule has 3 aromatic rings. The Balaban J connectivity index is 1.56. The Bertz CT molecular complexity index is 1110. The van der Waals surface area contributed by atoms with Gasteiger partial charge in [0.05, 0.1) is 23.5 Å². The highest BCUT2D eigenvalue weighted by molar-refractivity contribution is 5.86. The van der Waals surface area contributed by atoms with Gasteiger partial charge in [0.15, 0.2) is 0 Å². The van der Waals surface area contributed by atoms with Crippen LogP contribution in [0.1, 0.15) is 61.9 Å². The summed E-state index contributed by atoms with van der Waals surface area (Å²) in [4.78, 5) is 2.88. The zero-order valence-corrected chi connectivity index (χ0v) is 17.7. The first kappa shape index (κ1) is 16.6. The van der Waals surface area contributed by atoms with Gasteiger partial charge in [0.1, 0.15) is 0 Å². The van der Waals surface area contributed by atoms with Crippen LogP contribution in [0.3, 0.4) is 0 Å². The van der Waals surface area contributed by atoms with Gasteiger partial charge in [0.25, 0.3) is 0 Å². The Morgan fingerprint density at radius 2 is 1.66 bits per heavy atom. The van der Waals surface area contributed by atoms with Gasteiger partial charge in [-0.2, -0.15) is 0 Å². The normalized spacial score (nSPS) is 37.2. The molecular weight excluding hydrogens is 356 g/mol. The maximum atomic E-state index is 5.99. The Labute approximate surface area is 172 Å². The van der Waals surface area contributed by atoms with Gasteiger partial charge in [-0.25, -0.2) is 0 Å². The first-order valence-electron chi connectivity index (χ1n) is 11.5. The third kappa shape index (κ3) is 1.78. The summed E-state index contributed by atoms with van der Waals surface area (Å²) < 4.78 is 8.42. The average molecular weight is 387 g/mol. The topological polar surface area (TPSA) is 21.3 Å². The number of para-hydroxylation sites is 1. The van der Waals surface area contributed by atoms with Gasteiger partial charge < -0.3 is 13.9 Å². The minimum Gasteiger partial charge on any atom is -0.448 e. The van der Waals surface area contributed by atoms with Gasteiger partial charge >= 0.3 is 0 Å². The molecule has 1 aromatic carbocycles. The Morgan fingerprint density at radius 3 is 2.34 bits per heavy atom. The smallest absolute Gasteiger partial charge is 0.206 e. The molecule has 4 bridgehead atoms. The zero-order chi connectivity index (χ0) is 19.5. The highest BCUT2D eigenvalue weighted by atomic mass is 16.3. The van der Waals surface area contributed by atoms with Gasteiger partial charge in [-0.15, -0.1) is 0 Å². The van der Waals surface area contributed by atoms with E-state index < -0.39 is 0 Å². The van der Waals surface area contributed by atoms with Crippen LogP contribution in [0, 0.1) is 30.6 Å². The van der Waals surface area contributed by atoms with E-state index in [9.17, 15) is 0 Å². The number of fused-ring (bicyclic) bond motifs is 3. The summed E-state index contributed by atoms with van der Waals surface area (Å²) in [5, 5.41) is 1.33. The van der Waals surface area contributed by atoms with E-state index in [4.69, 9.17) is 4.42 Å². The minimum absolute atomic E-state index is 0.130. The summed E-state index contributed by atoms with van der Waals surface area (Å²) in [5.41, 5.74) is 7.16. The van der Waals surface area contributed by atoms with Crippen molar-refractivity contribution in [3.8, 4) is 0 Å². The summed E-state index contributed by atoms with van der Waals surface area (Å²) in [7, 11) is 2.26. The van der Waals surface area contributed by atoms with Crippen molar-refractivity contribution in [2.45, 2.75) is 57.5 Å². The molecule has 0 unspecified atom stereocenters. The van der Waals surface area contributed by atoms with Gasteiger partial charge in [0.2, 0.25) is 5.71 Å². The van der Waals surface area contributed by atoms with E-state index in [1.54, 1.807) is 5.69 Å². The summed E-state index contributed by atoms with van der Waals surface area (Å²) in [6.07, 6.45) is 9.01. The molecule has 1 atom stereocenters. The molecule has 0 amide bonds. The molecule has 3 heteroatoms. The van der Waals surface area contributed by atoms with Crippen molar-refractivity contribution < 1.29 is 4.42 Å². The third-order valence-corrected chi connectivity index (χ3v) is 9.17. The summed E-state index contributed by atoms with van der Waals surface area (Å²) in [6, 6.07) is 11.7. The van der Waals surface area contributed by atoms with E-state index in [2.05, 4.69) is 60.7 Å². The number of nitrogens with zero attached hydrogens (tertiary/aromatic N) is 2. The molecule has 4 aliphatic carbocycles. The molecule has 29 heavy (non-hydrogen) atoms. The highest BCUT2D eigenvalue weighted by Crippen LogP contribution is 2.69. The van der Waals surface area contributed by atoms with Crippen molar-refractivity contribution in [2.75, 3.05) is 4.90 Å². The minimum atomic E-state index is 0.130. The number of benzene rings is 1. The SMILES string of the molecule is Cc1ccccc1N1[C@@H](C)c2c(n(C)c3occc23)C12C1CC3CC(C1)CC2C3. The van der Waals surface area contributed by atoms with E-state index in [1.807, 2.05) is 6.26 Å². The zero-order valence-electron chi connectivity index (χ0n) is 17.7.